The summed E-state index contributed by atoms with van der Waals surface area (Å²) in [7, 11) is 1.61. The summed E-state index contributed by atoms with van der Waals surface area (Å²) in [5, 5.41) is 11.2. The van der Waals surface area contributed by atoms with Gasteiger partial charge in [0.2, 0.25) is 0 Å². The first kappa shape index (κ1) is 14.4. The van der Waals surface area contributed by atoms with E-state index in [4.69, 9.17) is 16.3 Å². The number of hydrogen-bond donors (Lipinski definition) is 1. The van der Waals surface area contributed by atoms with Crippen LogP contribution in [0.2, 0.25) is 5.02 Å². The van der Waals surface area contributed by atoms with Gasteiger partial charge in [-0.15, -0.1) is 0 Å². The molecule has 0 aliphatic heterocycles. The Bertz CT molecular complexity index is 599. The largest absolute Gasteiger partial charge is 0.497 e. The molecule has 0 radical (unpaired) electrons. The van der Waals surface area contributed by atoms with Gasteiger partial charge in [-0.3, -0.25) is 0 Å². The number of benzene rings is 2. The second-order valence-electron chi connectivity index (χ2n) is 4.24. The van der Waals surface area contributed by atoms with E-state index in [2.05, 4.69) is 15.9 Å². The van der Waals surface area contributed by atoms with Gasteiger partial charge < -0.3 is 9.84 Å². The van der Waals surface area contributed by atoms with E-state index in [0.29, 0.717) is 5.02 Å². The maximum absolute atomic E-state index is 10.5. The van der Waals surface area contributed by atoms with E-state index in [9.17, 15) is 5.11 Å². The highest BCUT2D eigenvalue weighted by Gasteiger charge is 2.17. The monoisotopic (exact) mass is 340 g/mol. The molecule has 0 spiro atoms. The molecule has 1 atom stereocenters. The Morgan fingerprint density at radius 3 is 2.58 bits per heavy atom. The topological polar surface area (TPSA) is 29.5 Å². The van der Waals surface area contributed by atoms with Crippen LogP contribution in [-0.2, 0) is 0 Å². The first-order valence-electron chi connectivity index (χ1n) is 5.81. The Morgan fingerprint density at radius 1 is 1.21 bits per heavy atom. The molecule has 2 aromatic carbocycles. The van der Waals surface area contributed by atoms with Crippen molar-refractivity contribution in [2.45, 2.75) is 13.0 Å². The first-order chi connectivity index (χ1) is 9.04. The molecule has 0 saturated carbocycles. The van der Waals surface area contributed by atoms with Crippen molar-refractivity contribution in [1.29, 1.82) is 0 Å². The molecule has 2 nitrogen and oxygen atoms in total. The van der Waals surface area contributed by atoms with Gasteiger partial charge in [0.1, 0.15) is 11.9 Å². The van der Waals surface area contributed by atoms with Crippen LogP contribution in [0, 0.1) is 6.92 Å². The number of ether oxygens (including phenoxy) is 1. The summed E-state index contributed by atoms with van der Waals surface area (Å²) in [5.74, 6) is 0.741. The molecule has 0 saturated heterocycles. The lowest BCUT2D eigenvalue weighted by atomic mass is 9.97. The minimum atomic E-state index is -0.723. The average molecular weight is 342 g/mol. The Morgan fingerprint density at radius 2 is 1.95 bits per heavy atom. The first-order valence-corrected chi connectivity index (χ1v) is 6.98. The minimum Gasteiger partial charge on any atom is -0.497 e. The summed E-state index contributed by atoms with van der Waals surface area (Å²) < 4.78 is 5.95. The van der Waals surface area contributed by atoms with E-state index >= 15 is 0 Å². The van der Waals surface area contributed by atoms with Gasteiger partial charge in [0.25, 0.3) is 0 Å². The van der Waals surface area contributed by atoms with Gasteiger partial charge in [-0.1, -0.05) is 45.7 Å². The molecule has 0 bridgehead atoms. The fraction of sp³-hybridized carbons (Fsp3) is 0.200. The van der Waals surface area contributed by atoms with Gasteiger partial charge >= 0.3 is 0 Å². The van der Waals surface area contributed by atoms with E-state index in [1.165, 1.54) is 0 Å². The lowest BCUT2D eigenvalue weighted by molar-refractivity contribution is 0.218. The molecule has 0 fully saturated rings. The molecule has 0 aliphatic rings. The third kappa shape index (κ3) is 2.94. The van der Waals surface area contributed by atoms with Gasteiger partial charge in [0.15, 0.2) is 0 Å². The van der Waals surface area contributed by atoms with Crippen LogP contribution in [0.25, 0.3) is 0 Å². The van der Waals surface area contributed by atoms with E-state index in [1.54, 1.807) is 7.11 Å². The summed E-state index contributed by atoms with van der Waals surface area (Å²) in [6, 6.07) is 11.0. The fourth-order valence-corrected chi connectivity index (χ4v) is 2.70. The fourth-order valence-electron chi connectivity index (χ4n) is 1.94. The normalized spacial score (nSPS) is 12.3. The van der Waals surface area contributed by atoms with Crippen LogP contribution in [0.4, 0.5) is 0 Å². The van der Waals surface area contributed by atoms with Crippen LogP contribution in [-0.4, -0.2) is 12.2 Å². The quantitative estimate of drug-likeness (QED) is 0.890. The van der Waals surface area contributed by atoms with Crippen LogP contribution in [0.15, 0.2) is 40.9 Å². The molecule has 0 aliphatic carbocycles. The Hall–Kier alpha value is -1.03. The molecule has 2 rings (SSSR count). The number of rotatable bonds is 3. The van der Waals surface area contributed by atoms with Gasteiger partial charge in [0, 0.05) is 9.50 Å². The highest BCUT2D eigenvalue weighted by molar-refractivity contribution is 9.10. The summed E-state index contributed by atoms with van der Waals surface area (Å²) in [6.07, 6.45) is -0.723. The zero-order valence-corrected chi connectivity index (χ0v) is 13.0. The van der Waals surface area contributed by atoms with Gasteiger partial charge in [0.05, 0.1) is 7.11 Å². The lowest BCUT2D eigenvalue weighted by Crippen LogP contribution is -2.03. The van der Waals surface area contributed by atoms with Crippen LogP contribution in [0.5, 0.6) is 5.75 Å². The minimum absolute atomic E-state index is 0.654. The Kier molecular flexibility index (Phi) is 4.50. The second-order valence-corrected chi connectivity index (χ2v) is 5.51. The van der Waals surface area contributed by atoms with Crippen molar-refractivity contribution in [1.82, 2.24) is 0 Å². The van der Waals surface area contributed by atoms with Crippen LogP contribution >= 0.6 is 27.5 Å². The molecular formula is C15H14BrClO2. The number of methoxy groups -OCH3 is 1. The number of aliphatic hydroxyl groups is 1. The van der Waals surface area contributed by atoms with Gasteiger partial charge in [-0.25, -0.2) is 0 Å². The van der Waals surface area contributed by atoms with Crippen molar-refractivity contribution in [3.63, 3.8) is 0 Å². The van der Waals surface area contributed by atoms with Crippen LogP contribution in [0.1, 0.15) is 22.8 Å². The standard InChI is InChI=1S/C15H14BrClO2/c1-9-11(4-3-5-14(9)17)15(18)12-7-6-10(19-2)8-13(12)16/h3-8,15,18H,1-2H3. The predicted molar refractivity (Wildman–Crippen MR) is 80.9 cm³/mol. The second kappa shape index (κ2) is 5.95. The lowest BCUT2D eigenvalue weighted by Gasteiger charge is -2.17. The van der Waals surface area contributed by atoms with E-state index < -0.39 is 6.10 Å². The molecule has 0 aromatic heterocycles. The summed E-state index contributed by atoms with van der Waals surface area (Å²) in [5.41, 5.74) is 2.48. The van der Waals surface area contributed by atoms with Crippen molar-refractivity contribution in [2.75, 3.05) is 7.11 Å². The Labute approximate surface area is 126 Å². The summed E-state index contributed by atoms with van der Waals surface area (Å²) in [6.45, 7) is 1.90. The maximum atomic E-state index is 10.5. The van der Waals surface area contributed by atoms with Crippen molar-refractivity contribution >= 4 is 27.5 Å². The van der Waals surface area contributed by atoms with Crippen LogP contribution in [0.3, 0.4) is 0 Å². The number of halogens is 2. The summed E-state index contributed by atoms with van der Waals surface area (Å²) in [4.78, 5) is 0. The molecular weight excluding hydrogens is 328 g/mol. The zero-order valence-electron chi connectivity index (χ0n) is 10.7. The molecule has 1 N–H and O–H groups in total. The van der Waals surface area contributed by atoms with Crippen molar-refractivity contribution in [2.24, 2.45) is 0 Å². The predicted octanol–water partition coefficient (Wildman–Crippen LogP) is 4.50. The molecule has 100 valence electrons. The van der Waals surface area contributed by atoms with Gasteiger partial charge in [-0.05, 0) is 41.8 Å². The molecule has 0 amide bonds. The Balaban J connectivity index is 2.44. The van der Waals surface area contributed by atoms with Gasteiger partial charge in [-0.2, -0.15) is 0 Å². The molecule has 0 heterocycles. The highest BCUT2D eigenvalue weighted by atomic mass is 79.9. The van der Waals surface area contributed by atoms with E-state index in [1.807, 2.05) is 43.3 Å². The third-order valence-corrected chi connectivity index (χ3v) is 4.20. The SMILES string of the molecule is COc1ccc(C(O)c2cccc(Cl)c2C)c(Br)c1. The number of aliphatic hydroxyl groups excluding tert-OH is 1. The van der Waals surface area contributed by atoms with Crippen molar-refractivity contribution in [3.05, 3.63) is 62.6 Å². The molecule has 4 heteroatoms. The average Bonchev–Trinajstić information content (AvgIpc) is 2.41. The maximum Gasteiger partial charge on any atom is 0.120 e. The highest BCUT2D eigenvalue weighted by Crippen LogP contribution is 2.34. The van der Waals surface area contributed by atoms with Crippen molar-refractivity contribution in [3.8, 4) is 5.75 Å². The van der Waals surface area contributed by atoms with E-state index in [0.717, 1.165) is 26.9 Å². The van der Waals surface area contributed by atoms with E-state index in [-0.39, 0.29) is 0 Å². The molecule has 1 unspecified atom stereocenters. The zero-order chi connectivity index (χ0) is 14.0. The third-order valence-electron chi connectivity index (χ3n) is 3.11. The summed E-state index contributed by atoms with van der Waals surface area (Å²) >= 11 is 9.55. The number of hydrogen-bond acceptors (Lipinski definition) is 2. The van der Waals surface area contributed by atoms with Crippen LogP contribution < -0.4 is 4.74 Å². The molecule has 2 aromatic rings. The smallest absolute Gasteiger partial charge is 0.120 e. The van der Waals surface area contributed by atoms with Crippen molar-refractivity contribution < 1.29 is 9.84 Å². The molecule has 19 heavy (non-hydrogen) atoms.